The van der Waals surface area contributed by atoms with Gasteiger partial charge in [0.15, 0.2) is 0 Å². The van der Waals surface area contributed by atoms with Crippen LogP contribution in [0.4, 0.5) is 10.5 Å². The fourth-order valence-electron chi connectivity index (χ4n) is 1.55. The van der Waals surface area contributed by atoms with E-state index >= 15 is 0 Å². The maximum Gasteiger partial charge on any atom is 0.328 e. The standard InChI is InChI=1S/C14H20N2O3/c1-9(2)11-5-7-12(8-6-11)16-14(18)15-10(3)13(17)19-4/h5-10H,1-4H3,(H2,15,16,18)/t10-/m1/s1. The molecule has 5 nitrogen and oxygen atoms in total. The van der Waals surface area contributed by atoms with Gasteiger partial charge in [-0.15, -0.1) is 0 Å². The number of amides is 2. The molecular formula is C14H20N2O3. The number of rotatable bonds is 4. The quantitative estimate of drug-likeness (QED) is 0.821. The van der Waals surface area contributed by atoms with E-state index in [4.69, 9.17) is 0 Å². The number of carbonyl (C=O) groups excluding carboxylic acids is 2. The summed E-state index contributed by atoms with van der Waals surface area (Å²) >= 11 is 0. The van der Waals surface area contributed by atoms with Gasteiger partial charge < -0.3 is 15.4 Å². The van der Waals surface area contributed by atoms with Gasteiger partial charge in [-0.1, -0.05) is 26.0 Å². The number of nitrogens with one attached hydrogen (secondary N) is 2. The molecule has 104 valence electrons. The molecule has 0 bridgehead atoms. The summed E-state index contributed by atoms with van der Waals surface area (Å²) < 4.78 is 4.52. The zero-order valence-electron chi connectivity index (χ0n) is 11.7. The molecule has 0 unspecified atom stereocenters. The van der Waals surface area contributed by atoms with E-state index in [0.717, 1.165) is 0 Å². The van der Waals surface area contributed by atoms with Crippen molar-refractivity contribution in [2.24, 2.45) is 0 Å². The highest BCUT2D eigenvalue weighted by Crippen LogP contribution is 2.16. The minimum Gasteiger partial charge on any atom is -0.467 e. The maximum absolute atomic E-state index is 11.6. The summed E-state index contributed by atoms with van der Waals surface area (Å²) in [5.41, 5.74) is 1.88. The summed E-state index contributed by atoms with van der Waals surface area (Å²) in [5.74, 6) is -0.0347. The van der Waals surface area contributed by atoms with E-state index in [1.54, 1.807) is 6.92 Å². The van der Waals surface area contributed by atoms with E-state index in [1.807, 2.05) is 24.3 Å². The Morgan fingerprint density at radius 2 is 1.68 bits per heavy atom. The molecule has 1 rings (SSSR count). The van der Waals surface area contributed by atoms with Gasteiger partial charge in [0.2, 0.25) is 0 Å². The smallest absolute Gasteiger partial charge is 0.328 e. The highest BCUT2D eigenvalue weighted by atomic mass is 16.5. The third-order valence-electron chi connectivity index (χ3n) is 2.74. The number of esters is 1. The molecule has 5 heteroatoms. The lowest BCUT2D eigenvalue weighted by atomic mass is 10.0. The van der Waals surface area contributed by atoms with Gasteiger partial charge in [-0.3, -0.25) is 0 Å². The van der Waals surface area contributed by atoms with Crippen LogP contribution in [-0.2, 0) is 9.53 Å². The summed E-state index contributed by atoms with van der Waals surface area (Å²) in [4.78, 5) is 22.8. The number of methoxy groups -OCH3 is 1. The van der Waals surface area contributed by atoms with Gasteiger partial charge in [0.1, 0.15) is 6.04 Å². The van der Waals surface area contributed by atoms with E-state index in [-0.39, 0.29) is 0 Å². The first-order chi connectivity index (χ1) is 8.93. The van der Waals surface area contributed by atoms with Crippen LogP contribution in [0.1, 0.15) is 32.3 Å². The molecular weight excluding hydrogens is 244 g/mol. The van der Waals surface area contributed by atoms with Crippen LogP contribution >= 0.6 is 0 Å². The fourth-order valence-corrected chi connectivity index (χ4v) is 1.55. The second kappa shape index (κ2) is 6.78. The second-order valence-corrected chi connectivity index (χ2v) is 4.62. The van der Waals surface area contributed by atoms with Crippen molar-refractivity contribution in [3.8, 4) is 0 Å². The molecule has 19 heavy (non-hydrogen) atoms. The van der Waals surface area contributed by atoms with Gasteiger partial charge in [-0.05, 0) is 30.5 Å². The average Bonchev–Trinajstić information content (AvgIpc) is 2.38. The van der Waals surface area contributed by atoms with Crippen molar-refractivity contribution in [1.29, 1.82) is 0 Å². The molecule has 0 saturated heterocycles. The summed E-state index contributed by atoms with van der Waals surface area (Å²) in [6.45, 7) is 5.77. The van der Waals surface area contributed by atoms with Gasteiger partial charge in [-0.2, -0.15) is 0 Å². The average molecular weight is 264 g/mol. The Morgan fingerprint density at radius 3 is 2.16 bits per heavy atom. The van der Waals surface area contributed by atoms with E-state index in [9.17, 15) is 9.59 Å². The van der Waals surface area contributed by atoms with Crippen LogP contribution in [-0.4, -0.2) is 25.2 Å². The highest BCUT2D eigenvalue weighted by molar-refractivity contribution is 5.92. The molecule has 2 N–H and O–H groups in total. The first-order valence-electron chi connectivity index (χ1n) is 6.19. The number of hydrogen-bond acceptors (Lipinski definition) is 3. The van der Waals surface area contributed by atoms with Crippen LogP contribution < -0.4 is 10.6 Å². The van der Waals surface area contributed by atoms with Crippen LogP contribution in [0.2, 0.25) is 0 Å². The van der Waals surface area contributed by atoms with E-state index in [2.05, 4.69) is 29.2 Å². The summed E-state index contributed by atoms with van der Waals surface area (Å²) in [6.07, 6.45) is 0. The van der Waals surface area contributed by atoms with Gasteiger partial charge >= 0.3 is 12.0 Å². The highest BCUT2D eigenvalue weighted by Gasteiger charge is 2.15. The molecule has 0 fully saturated rings. The zero-order valence-corrected chi connectivity index (χ0v) is 11.7. The topological polar surface area (TPSA) is 67.4 Å². The van der Waals surface area contributed by atoms with Gasteiger partial charge in [-0.25, -0.2) is 9.59 Å². The summed E-state index contributed by atoms with van der Waals surface area (Å²) in [5, 5.41) is 5.15. The number of urea groups is 1. The molecule has 1 aromatic rings. The largest absolute Gasteiger partial charge is 0.467 e. The molecule has 0 radical (unpaired) electrons. The molecule has 0 saturated carbocycles. The molecule has 0 aliphatic heterocycles. The Balaban J connectivity index is 2.55. The molecule has 0 heterocycles. The van der Waals surface area contributed by atoms with Crippen molar-refractivity contribution >= 4 is 17.7 Å². The van der Waals surface area contributed by atoms with Crippen molar-refractivity contribution in [3.05, 3.63) is 29.8 Å². The lowest BCUT2D eigenvalue weighted by molar-refractivity contribution is -0.142. The van der Waals surface area contributed by atoms with Gasteiger partial charge in [0.05, 0.1) is 7.11 Å². The predicted octanol–water partition coefficient (Wildman–Crippen LogP) is 2.49. The van der Waals surface area contributed by atoms with Gasteiger partial charge in [0, 0.05) is 5.69 Å². The molecule has 0 aliphatic rings. The summed E-state index contributed by atoms with van der Waals surface area (Å²) in [7, 11) is 1.28. The monoisotopic (exact) mass is 264 g/mol. The number of hydrogen-bond donors (Lipinski definition) is 2. The minimum atomic E-state index is -0.681. The second-order valence-electron chi connectivity index (χ2n) is 4.62. The van der Waals surface area contributed by atoms with Crippen LogP contribution in [0.25, 0.3) is 0 Å². The SMILES string of the molecule is COC(=O)[C@@H](C)NC(=O)Nc1ccc(C(C)C)cc1. The maximum atomic E-state index is 11.6. The zero-order chi connectivity index (χ0) is 14.4. The Hall–Kier alpha value is -2.04. The third kappa shape index (κ3) is 4.62. The first-order valence-corrected chi connectivity index (χ1v) is 6.19. The molecule has 0 spiro atoms. The van der Waals surface area contributed by atoms with E-state index in [1.165, 1.54) is 12.7 Å². The molecule has 0 aromatic heterocycles. The third-order valence-corrected chi connectivity index (χ3v) is 2.74. The molecule has 0 aliphatic carbocycles. The minimum absolute atomic E-state index is 0.435. The lowest BCUT2D eigenvalue weighted by Crippen LogP contribution is -2.41. The molecule has 1 aromatic carbocycles. The number of carbonyl (C=O) groups is 2. The Bertz CT molecular complexity index is 441. The van der Waals surface area contributed by atoms with Crippen molar-refractivity contribution in [3.63, 3.8) is 0 Å². The number of anilines is 1. The van der Waals surface area contributed by atoms with Crippen LogP contribution in [0.3, 0.4) is 0 Å². The van der Waals surface area contributed by atoms with Crippen molar-refractivity contribution in [1.82, 2.24) is 5.32 Å². The van der Waals surface area contributed by atoms with Crippen LogP contribution in [0.5, 0.6) is 0 Å². The Morgan fingerprint density at radius 1 is 1.11 bits per heavy atom. The fraction of sp³-hybridized carbons (Fsp3) is 0.429. The number of ether oxygens (including phenoxy) is 1. The van der Waals surface area contributed by atoms with Crippen molar-refractivity contribution in [2.75, 3.05) is 12.4 Å². The Labute approximate surface area is 113 Å². The van der Waals surface area contributed by atoms with Gasteiger partial charge in [0.25, 0.3) is 0 Å². The Kier molecular flexibility index (Phi) is 5.36. The first kappa shape index (κ1) is 15.0. The van der Waals surface area contributed by atoms with Crippen molar-refractivity contribution in [2.45, 2.75) is 32.7 Å². The van der Waals surface area contributed by atoms with Crippen LogP contribution in [0.15, 0.2) is 24.3 Å². The van der Waals surface area contributed by atoms with E-state index in [0.29, 0.717) is 11.6 Å². The number of benzene rings is 1. The predicted molar refractivity (Wildman–Crippen MR) is 74.2 cm³/mol. The lowest BCUT2D eigenvalue weighted by Gasteiger charge is -2.13. The van der Waals surface area contributed by atoms with Crippen molar-refractivity contribution < 1.29 is 14.3 Å². The molecule has 1 atom stereocenters. The van der Waals surface area contributed by atoms with Crippen LogP contribution in [0, 0.1) is 0 Å². The normalized spacial score (nSPS) is 11.8. The molecule has 2 amide bonds. The summed E-state index contributed by atoms with van der Waals surface area (Å²) in [6, 6.07) is 6.47. The van der Waals surface area contributed by atoms with E-state index < -0.39 is 18.0 Å².